The lowest BCUT2D eigenvalue weighted by atomic mass is 10.1. The molecular weight excluding hydrogens is 266 g/mol. The van der Waals surface area contributed by atoms with Gasteiger partial charge in [0, 0.05) is 42.9 Å². The van der Waals surface area contributed by atoms with Gasteiger partial charge in [-0.3, -0.25) is 4.79 Å². The van der Waals surface area contributed by atoms with Crippen molar-refractivity contribution in [1.29, 1.82) is 0 Å². The van der Waals surface area contributed by atoms with Gasteiger partial charge in [-0.1, -0.05) is 0 Å². The van der Waals surface area contributed by atoms with E-state index in [4.69, 9.17) is 11.5 Å². The number of nitrogens with two attached hydrogens (primary N) is 2. The van der Waals surface area contributed by atoms with Crippen LogP contribution in [0.1, 0.15) is 12.0 Å². The lowest BCUT2D eigenvalue weighted by molar-refractivity contribution is -0.116. The predicted molar refractivity (Wildman–Crippen MR) is 84.2 cm³/mol. The molecule has 2 aromatic rings. The van der Waals surface area contributed by atoms with Crippen LogP contribution < -0.4 is 16.8 Å². The number of nitrogens with zero attached hydrogens (tertiary/aromatic N) is 2. The van der Waals surface area contributed by atoms with Crippen molar-refractivity contribution in [1.82, 2.24) is 14.9 Å². The van der Waals surface area contributed by atoms with Gasteiger partial charge in [-0.25, -0.2) is 4.98 Å². The van der Waals surface area contributed by atoms with E-state index in [1.165, 1.54) is 6.08 Å². The predicted octanol–water partition coefficient (Wildman–Crippen LogP) is 1.27. The molecule has 110 valence electrons. The molecule has 0 unspecified atom stereocenters. The highest BCUT2D eigenvalue weighted by atomic mass is 16.1. The molecule has 0 bridgehead atoms. The number of aryl methyl sites for hydroxylation is 1. The molecule has 6 heteroatoms. The zero-order valence-electron chi connectivity index (χ0n) is 11.7. The highest BCUT2D eigenvalue weighted by Gasteiger charge is 1.98. The van der Waals surface area contributed by atoms with E-state index in [-0.39, 0.29) is 5.91 Å². The average molecular weight is 285 g/mol. The van der Waals surface area contributed by atoms with Crippen molar-refractivity contribution in [3.63, 3.8) is 0 Å². The van der Waals surface area contributed by atoms with Gasteiger partial charge < -0.3 is 21.4 Å². The number of benzene rings is 1. The fourth-order valence-corrected chi connectivity index (χ4v) is 1.85. The van der Waals surface area contributed by atoms with E-state index in [0.29, 0.717) is 17.9 Å². The summed E-state index contributed by atoms with van der Waals surface area (Å²) in [4.78, 5) is 15.6. The number of amides is 1. The molecule has 1 amide bonds. The second-order valence-corrected chi connectivity index (χ2v) is 4.67. The third-order valence-electron chi connectivity index (χ3n) is 2.98. The van der Waals surface area contributed by atoms with Crippen molar-refractivity contribution in [2.45, 2.75) is 13.0 Å². The van der Waals surface area contributed by atoms with Crippen LogP contribution >= 0.6 is 0 Å². The Morgan fingerprint density at radius 3 is 3.00 bits per heavy atom. The molecule has 0 saturated carbocycles. The Hall–Kier alpha value is -2.76. The summed E-state index contributed by atoms with van der Waals surface area (Å²) in [5, 5.41) is 2.82. The Bertz CT molecular complexity index is 619. The minimum absolute atomic E-state index is 0.151. The summed E-state index contributed by atoms with van der Waals surface area (Å²) in [6.07, 6.45) is 9.35. The fraction of sp³-hybridized carbons (Fsp3) is 0.200. The van der Waals surface area contributed by atoms with E-state index in [2.05, 4.69) is 10.3 Å². The maximum atomic E-state index is 11.7. The minimum Gasteiger partial charge on any atom is -0.399 e. The summed E-state index contributed by atoms with van der Waals surface area (Å²) >= 11 is 0. The molecule has 0 atom stereocenters. The number of carbonyl (C=O) groups is 1. The van der Waals surface area contributed by atoms with Gasteiger partial charge in [-0.15, -0.1) is 0 Å². The molecule has 1 aromatic carbocycles. The number of hydrogen-bond acceptors (Lipinski definition) is 4. The van der Waals surface area contributed by atoms with Gasteiger partial charge in [-0.05, 0) is 36.3 Å². The van der Waals surface area contributed by atoms with Crippen molar-refractivity contribution in [2.24, 2.45) is 0 Å². The Morgan fingerprint density at radius 2 is 2.24 bits per heavy atom. The Kier molecular flexibility index (Phi) is 4.98. The lowest BCUT2D eigenvalue weighted by Crippen LogP contribution is -2.23. The van der Waals surface area contributed by atoms with E-state index < -0.39 is 0 Å². The largest absolute Gasteiger partial charge is 0.399 e. The summed E-state index contributed by atoms with van der Waals surface area (Å²) in [6.45, 7) is 1.43. The maximum Gasteiger partial charge on any atom is 0.244 e. The summed E-state index contributed by atoms with van der Waals surface area (Å²) in [6, 6.07) is 5.18. The second kappa shape index (κ2) is 7.14. The van der Waals surface area contributed by atoms with Crippen LogP contribution in [-0.4, -0.2) is 22.0 Å². The number of nitrogens with one attached hydrogen (secondary N) is 1. The lowest BCUT2D eigenvalue weighted by Gasteiger charge is -2.04. The molecule has 0 radical (unpaired) electrons. The average Bonchev–Trinajstić information content (AvgIpc) is 2.98. The number of hydrogen-bond donors (Lipinski definition) is 3. The molecule has 0 aliphatic rings. The first kappa shape index (κ1) is 14.6. The van der Waals surface area contributed by atoms with E-state index in [9.17, 15) is 4.79 Å². The van der Waals surface area contributed by atoms with Gasteiger partial charge in [0.2, 0.25) is 5.91 Å². The number of rotatable bonds is 6. The van der Waals surface area contributed by atoms with Crippen LogP contribution in [0.5, 0.6) is 0 Å². The molecule has 0 fully saturated rings. The van der Waals surface area contributed by atoms with Gasteiger partial charge in [0.15, 0.2) is 0 Å². The van der Waals surface area contributed by atoms with Crippen molar-refractivity contribution < 1.29 is 4.79 Å². The monoisotopic (exact) mass is 285 g/mol. The molecule has 0 aliphatic heterocycles. The molecule has 0 saturated heterocycles. The first-order valence-electron chi connectivity index (χ1n) is 6.72. The summed E-state index contributed by atoms with van der Waals surface area (Å²) in [5.74, 6) is -0.151. The topological polar surface area (TPSA) is 99.0 Å². The highest BCUT2D eigenvalue weighted by Crippen LogP contribution is 2.16. The van der Waals surface area contributed by atoms with Gasteiger partial charge in [-0.2, -0.15) is 0 Å². The quantitative estimate of drug-likeness (QED) is 0.423. The van der Waals surface area contributed by atoms with Gasteiger partial charge >= 0.3 is 0 Å². The Morgan fingerprint density at radius 1 is 1.38 bits per heavy atom. The molecule has 1 heterocycles. The zero-order chi connectivity index (χ0) is 15.1. The Balaban J connectivity index is 1.76. The van der Waals surface area contributed by atoms with Crippen LogP contribution in [0.3, 0.4) is 0 Å². The van der Waals surface area contributed by atoms with Crippen LogP contribution in [0, 0.1) is 0 Å². The maximum absolute atomic E-state index is 11.7. The fourth-order valence-electron chi connectivity index (χ4n) is 1.85. The van der Waals surface area contributed by atoms with Gasteiger partial charge in [0.05, 0.1) is 6.33 Å². The van der Waals surface area contributed by atoms with Gasteiger partial charge in [0.25, 0.3) is 0 Å². The van der Waals surface area contributed by atoms with Crippen LogP contribution in [0.4, 0.5) is 11.4 Å². The number of anilines is 2. The van der Waals surface area contributed by atoms with Gasteiger partial charge in [0.1, 0.15) is 0 Å². The number of nitrogen functional groups attached to an aromatic ring is 2. The molecule has 6 nitrogen and oxygen atoms in total. The molecule has 1 aromatic heterocycles. The van der Waals surface area contributed by atoms with E-state index in [0.717, 1.165) is 18.5 Å². The highest BCUT2D eigenvalue weighted by molar-refractivity contribution is 5.92. The summed E-state index contributed by atoms with van der Waals surface area (Å²) in [7, 11) is 0. The van der Waals surface area contributed by atoms with Crippen molar-refractivity contribution >= 4 is 23.4 Å². The van der Waals surface area contributed by atoms with E-state index in [1.807, 2.05) is 10.8 Å². The Labute approximate surface area is 123 Å². The zero-order valence-corrected chi connectivity index (χ0v) is 11.7. The molecule has 0 spiro atoms. The molecule has 21 heavy (non-hydrogen) atoms. The van der Waals surface area contributed by atoms with Crippen molar-refractivity contribution in [2.75, 3.05) is 18.0 Å². The van der Waals surface area contributed by atoms with Crippen molar-refractivity contribution in [3.05, 3.63) is 48.6 Å². The smallest absolute Gasteiger partial charge is 0.244 e. The third-order valence-corrected chi connectivity index (χ3v) is 2.98. The first-order valence-corrected chi connectivity index (χ1v) is 6.72. The second-order valence-electron chi connectivity index (χ2n) is 4.67. The molecule has 0 aliphatic carbocycles. The molecule has 5 N–H and O–H groups in total. The normalized spacial score (nSPS) is 10.9. The summed E-state index contributed by atoms with van der Waals surface area (Å²) < 4.78 is 1.97. The number of imidazole rings is 1. The number of carbonyl (C=O) groups excluding carboxylic acids is 1. The van der Waals surface area contributed by atoms with Crippen molar-refractivity contribution in [3.8, 4) is 0 Å². The third kappa shape index (κ3) is 4.68. The standard InChI is InChI=1S/C15H19N5O/c16-13-3-4-14(17)12(10-13)2-5-15(21)19-6-1-8-20-9-7-18-11-20/h2-5,7,9-11H,1,6,8,16-17H2,(H,19,21)/b5-2+. The van der Waals surface area contributed by atoms with E-state index in [1.54, 1.807) is 36.8 Å². The molecular formula is C15H19N5O. The van der Waals surface area contributed by atoms with Crippen LogP contribution in [0.15, 0.2) is 43.0 Å². The van der Waals surface area contributed by atoms with Crippen LogP contribution in [-0.2, 0) is 11.3 Å². The first-order chi connectivity index (χ1) is 10.1. The van der Waals surface area contributed by atoms with Crippen LogP contribution in [0.25, 0.3) is 6.08 Å². The number of aromatic nitrogens is 2. The van der Waals surface area contributed by atoms with Crippen LogP contribution in [0.2, 0.25) is 0 Å². The summed E-state index contributed by atoms with van der Waals surface area (Å²) in [5.41, 5.74) is 13.4. The SMILES string of the molecule is Nc1ccc(N)c(/C=C/C(=O)NCCCn2ccnc2)c1. The van der Waals surface area contributed by atoms with E-state index >= 15 is 0 Å². The molecule has 2 rings (SSSR count). The minimum atomic E-state index is -0.151.